The van der Waals surface area contributed by atoms with Crippen LogP contribution in [0.25, 0.3) is 11.2 Å². The highest BCUT2D eigenvalue weighted by Crippen LogP contribution is 2.67. The third-order valence-electron chi connectivity index (χ3n) is 11.4. The molecule has 3 saturated carbocycles. The van der Waals surface area contributed by atoms with Crippen LogP contribution < -0.4 is 11.1 Å². The topological polar surface area (TPSA) is 133 Å². The van der Waals surface area contributed by atoms with Crippen molar-refractivity contribution in [1.82, 2.24) is 24.8 Å². The SMILES string of the molecule is CC(=O)[C@H]1CC[C@H]2[C@@H]3[C@H](C(=O)NCCCCn4cnc5c(N)ncnc54)CC4=CC(=O)CC[C@]4(C)[C@H]3CC[C@]12C. The standard InChI is InChI=1S/C31H42N6O3/c1-18(38)22-6-7-23-25-21(15-19-14-20(39)8-10-30(19,2)24(25)9-11-31(22,23)3)29(40)33-12-4-5-13-37-17-36-26-27(32)34-16-35-28(26)37/h14,16-17,21-25H,4-13,15H2,1-3H3,(H,33,40)(H2,32,34,35)/t21-,22-,23+,24+,25+,30+,31-/m1/s1. The van der Waals surface area contributed by atoms with E-state index in [-0.39, 0.29) is 40.3 Å². The summed E-state index contributed by atoms with van der Waals surface area (Å²) in [5.41, 5.74) is 8.37. The first kappa shape index (κ1) is 27.1. The maximum atomic E-state index is 13.9. The summed E-state index contributed by atoms with van der Waals surface area (Å²) in [6, 6.07) is 0. The van der Waals surface area contributed by atoms with Gasteiger partial charge >= 0.3 is 0 Å². The van der Waals surface area contributed by atoms with Gasteiger partial charge < -0.3 is 15.6 Å². The first-order valence-electron chi connectivity index (χ1n) is 15.1. The maximum Gasteiger partial charge on any atom is 0.223 e. The summed E-state index contributed by atoms with van der Waals surface area (Å²) in [5.74, 6) is 1.93. The molecule has 2 heterocycles. The van der Waals surface area contributed by atoms with E-state index in [9.17, 15) is 14.4 Å². The molecule has 9 heteroatoms. The van der Waals surface area contributed by atoms with Gasteiger partial charge in [-0.1, -0.05) is 19.4 Å². The van der Waals surface area contributed by atoms with Crippen LogP contribution in [0.1, 0.15) is 78.6 Å². The fraction of sp³-hybridized carbons (Fsp3) is 0.677. The fourth-order valence-electron chi connectivity index (χ4n) is 9.31. The minimum atomic E-state index is -0.150. The Bertz CT molecular complexity index is 1380. The van der Waals surface area contributed by atoms with Crippen LogP contribution in [0, 0.1) is 40.4 Å². The summed E-state index contributed by atoms with van der Waals surface area (Å²) in [6.45, 7) is 7.74. The first-order chi connectivity index (χ1) is 19.1. The Morgan fingerprint density at radius 1 is 1.10 bits per heavy atom. The van der Waals surface area contributed by atoms with Crippen molar-refractivity contribution in [2.24, 2.45) is 40.4 Å². The number of imidazole rings is 1. The number of unbranched alkanes of at least 4 members (excludes halogenated alkanes) is 1. The number of hydrogen-bond acceptors (Lipinski definition) is 7. The minimum Gasteiger partial charge on any atom is -0.382 e. The highest BCUT2D eigenvalue weighted by atomic mass is 16.2. The van der Waals surface area contributed by atoms with Gasteiger partial charge in [-0.2, -0.15) is 0 Å². The van der Waals surface area contributed by atoms with E-state index in [1.54, 1.807) is 13.3 Å². The fourth-order valence-corrected chi connectivity index (χ4v) is 9.31. The number of ketones is 2. The second kappa shape index (κ2) is 10.1. The zero-order valence-electron chi connectivity index (χ0n) is 24.0. The highest BCUT2D eigenvalue weighted by molar-refractivity contribution is 5.92. The molecule has 9 nitrogen and oxygen atoms in total. The van der Waals surface area contributed by atoms with Crippen LogP contribution in [0.15, 0.2) is 24.3 Å². The Balaban J connectivity index is 1.16. The lowest BCUT2D eigenvalue weighted by Crippen LogP contribution is -2.56. The van der Waals surface area contributed by atoms with Crippen LogP contribution in [0.5, 0.6) is 0 Å². The normalized spacial score (nSPS) is 35.0. The molecule has 1 amide bonds. The number of amides is 1. The van der Waals surface area contributed by atoms with Crippen molar-refractivity contribution in [3.63, 3.8) is 0 Å². The Morgan fingerprint density at radius 3 is 2.73 bits per heavy atom. The summed E-state index contributed by atoms with van der Waals surface area (Å²) in [6.07, 6.45) is 12.9. The van der Waals surface area contributed by atoms with E-state index >= 15 is 0 Å². The summed E-state index contributed by atoms with van der Waals surface area (Å²) < 4.78 is 1.97. The van der Waals surface area contributed by atoms with E-state index in [1.807, 2.05) is 10.6 Å². The smallest absolute Gasteiger partial charge is 0.223 e. The van der Waals surface area contributed by atoms with Gasteiger partial charge in [0, 0.05) is 31.3 Å². The number of carbonyl (C=O) groups is 3. The minimum absolute atomic E-state index is 0.0223. The zero-order valence-corrected chi connectivity index (χ0v) is 24.0. The Labute approximate surface area is 235 Å². The van der Waals surface area contributed by atoms with E-state index in [4.69, 9.17) is 5.73 Å². The van der Waals surface area contributed by atoms with Gasteiger partial charge in [-0.05, 0) is 93.0 Å². The van der Waals surface area contributed by atoms with E-state index in [0.717, 1.165) is 57.1 Å². The molecule has 3 fully saturated rings. The number of fused-ring (bicyclic) bond motifs is 6. The first-order valence-corrected chi connectivity index (χ1v) is 15.1. The number of anilines is 1. The molecule has 0 saturated heterocycles. The van der Waals surface area contributed by atoms with Crippen LogP contribution in [-0.4, -0.2) is 43.5 Å². The van der Waals surface area contributed by atoms with Crippen molar-refractivity contribution in [1.29, 1.82) is 0 Å². The number of nitrogens with one attached hydrogen (secondary N) is 1. The van der Waals surface area contributed by atoms with E-state index in [2.05, 4.69) is 34.1 Å². The third kappa shape index (κ3) is 4.27. The van der Waals surface area contributed by atoms with Crippen molar-refractivity contribution >= 4 is 34.5 Å². The summed E-state index contributed by atoms with van der Waals surface area (Å²) in [5, 5.41) is 3.27. The number of aromatic nitrogens is 4. The van der Waals surface area contributed by atoms with Crippen molar-refractivity contribution in [3.8, 4) is 0 Å². The lowest BCUT2D eigenvalue weighted by molar-refractivity contribution is -0.141. The largest absolute Gasteiger partial charge is 0.382 e. The summed E-state index contributed by atoms with van der Waals surface area (Å²) in [4.78, 5) is 51.6. The highest BCUT2D eigenvalue weighted by Gasteiger charge is 2.62. The number of rotatable bonds is 7. The molecule has 214 valence electrons. The van der Waals surface area contributed by atoms with Gasteiger partial charge in [0.15, 0.2) is 17.2 Å². The molecule has 0 bridgehead atoms. The van der Waals surface area contributed by atoms with Gasteiger partial charge in [0.2, 0.25) is 5.91 Å². The van der Waals surface area contributed by atoms with Crippen molar-refractivity contribution in [2.45, 2.75) is 85.1 Å². The summed E-state index contributed by atoms with van der Waals surface area (Å²) >= 11 is 0. The number of nitrogens with zero attached hydrogens (tertiary/aromatic N) is 4. The average molecular weight is 547 g/mol. The van der Waals surface area contributed by atoms with Gasteiger partial charge in [-0.15, -0.1) is 0 Å². The van der Waals surface area contributed by atoms with Crippen LogP contribution in [0.4, 0.5) is 5.82 Å². The predicted molar refractivity (Wildman–Crippen MR) is 152 cm³/mol. The molecule has 2 aromatic rings. The second-order valence-electron chi connectivity index (χ2n) is 13.3. The maximum absolute atomic E-state index is 13.9. The number of nitrogens with two attached hydrogens (primary N) is 1. The Hall–Kier alpha value is -3.10. The molecule has 3 N–H and O–H groups in total. The molecular weight excluding hydrogens is 504 g/mol. The number of aryl methyl sites for hydroxylation is 1. The molecule has 40 heavy (non-hydrogen) atoms. The van der Waals surface area contributed by atoms with Gasteiger partial charge in [-0.3, -0.25) is 14.4 Å². The van der Waals surface area contributed by atoms with Gasteiger partial charge in [0.05, 0.1) is 6.33 Å². The van der Waals surface area contributed by atoms with Crippen LogP contribution >= 0.6 is 0 Å². The van der Waals surface area contributed by atoms with Crippen LogP contribution in [0.2, 0.25) is 0 Å². The number of allylic oxidation sites excluding steroid dienone is 1. The predicted octanol–water partition coefficient (Wildman–Crippen LogP) is 4.27. The molecule has 6 rings (SSSR count). The van der Waals surface area contributed by atoms with Crippen LogP contribution in [-0.2, 0) is 20.9 Å². The average Bonchev–Trinajstić information content (AvgIpc) is 3.50. The summed E-state index contributed by atoms with van der Waals surface area (Å²) in [7, 11) is 0. The molecule has 0 radical (unpaired) electrons. The molecule has 4 aliphatic carbocycles. The molecule has 7 atom stereocenters. The third-order valence-corrected chi connectivity index (χ3v) is 11.4. The molecule has 2 aromatic heterocycles. The van der Waals surface area contributed by atoms with Crippen molar-refractivity contribution in [2.75, 3.05) is 12.3 Å². The lowest BCUT2D eigenvalue weighted by Gasteiger charge is -2.60. The Kier molecular flexibility index (Phi) is 6.82. The quantitative estimate of drug-likeness (QED) is 0.496. The van der Waals surface area contributed by atoms with Gasteiger partial charge in [0.1, 0.15) is 17.6 Å². The molecule has 0 aliphatic heterocycles. The number of carbonyl (C=O) groups excluding carboxylic acids is 3. The molecule has 0 spiro atoms. The Morgan fingerprint density at radius 2 is 1.93 bits per heavy atom. The monoisotopic (exact) mass is 546 g/mol. The van der Waals surface area contributed by atoms with Crippen molar-refractivity contribution < 1.29 is 14.4 Å². The zero-order chi connectivity index (χ0) is 28.2. The molecule has 0 unspecified atom stereocenters. The lowest BCUT2D eigenvalue weighted by atomic mass is 9.44. The number of Topliss-reactive ketones (excluding diaryl/α,β-unsaturated/α-hetero) is 1. The van der Waals surface area contributed by atoms with Gasteiger partial charge in [-0.25, -0.2) is 15.0 Å². The van der Waals surface area contributed by atoms with E-state index < -0.39 is 0 Å². The van der Waals surface area contributed by atoms with Gasteiger partial charge in [0.25, 0.3) is 0 Å². The molecular formula is C31H42N6O3. The van der Waals surface area contributed by atoms with Crippen molar-refractivity contribution in [3.05, 3.63) is 24.3 Å². The van der Waals surface area contributed by atoms with E-state index in [1.165, 1.54) is 11.9 Å². The molecule has 0 aromatic carbocycles. The molecule has 4 aliphatic rings. The number of hydrogen-bond donors (Lipinski definition) is 2. The van der Waals surface area contributed by atoms with Crippen LogP contribution in [0.3, 0.4) is 0 Å². The second-order valence-corrected chi connectivity index (χ2v) is 13.3. The number of nitrogen functional groups attached to an aromatic ring is 1. The van der Waals surface area contributed by atoms with E-state index in [0.29, 0.717) is 48.3 Å².